The van der Waals surface area contributed by atoms with Gasteiger partial charge < -0.3 is 9.47 Å². The molecule has 14 heavy (non-hydrogen) atoms. The van der Waals surface area contributed by atoms with E-state index in [9.17, 15) is 4.39 Å². The lowest BCUT2D eigenvalue weighted by molar-refractivity contribution is 0.336. The van der Waals surface area contributed by atoms with Gasteiger partial charge in [0.25, 0.3) is 0 Å². The third-order valence-electron chi connectivity index (χ3n) is 1.66. The summed E-state index contributed by atoms with van der Waals surface area (Å²) in [6, 6.07) is 3.06. The number of benzene rings is 1. The number of ether oxygens (including phenoxy) is 2. The van der Waals surface area contributed by atoms with Gasteiger partial charge in [-0.15, -0.1) is 0 Å². The molecule has 0 aliphatic rings. The number of nitrogens with zero attached hydrogens (tertiary/aromatic N) is 1. The first-order valence-corrected chi connectivity index (χ1v) is 4.45. The second-order valence-corrected chi connectivity index (χ2v) is 3.25. The van der Waals surface area contributed by atoms with E-state index in [-0.39, 0.29) is 17.1 Å². The maximum atomic E-state index is 13.3. The molecule has 3 nitrogen and oxygen atoms in total. The van der Waals surface area contributed by atoms with E-state index in [4.69, 9.17) is 14.7 Å². The van der Waals surface area contributed by atoms with E-state index in [1.807, 2.05) is 6.07 Å². The van der Waals surface area contributed by atoms with Gasteiger partial charge >= 0.3 is 0 Å². The molecule has 0 saturated carbocycles. The SMILES string of the molecule is COc1c(F)cc(Br)c(C#N)c1OC. The molecule has 5 heteroatoms. The second-order valence-electron chi connectivity index (χ2n) is 2.39. The Labute approximate surface area is 89.2 Å². The average Bonchev–Trinajstić information content (AvgIpc) is 2.16. The zero-order chi connectivity index (χ0) is 10.7. The Morgan fingerprint density at radius 1 is 1.36 bits per heavy atom. The summed E-state index contributed by atoms with van der Waals surface area (Å²) < 4.78 is 23.3. The Morgan fingerprint density at radius 2 is 1.93 bits per heavy atom. The molecular formula is C9H7BrFNO2. The van der Waals surface area contributed by atoms with Crippen LogP contribution < -0.4 is 9.47 Å². The molecule has 0 unspecified atom stereocenters. The van der Waals surface area contributed by atoms with Crippen LogP contribution in [0.3, 0.4) is 0 Å². The van der Waals surface area contributed by atoms with Crippen molar-refractivity contribution in [3.63, 3.8) is 0 Å². The summed E-state index contributed by atoms with van der Waals surface area (Å²) >= 11 is 3.06. The quantitative estimate of drug-likeness (QED) is 0.820. The zero-order valence-electron chi connectivity index (χ0n) is 7.60. The predicted molar refractivity (Wildman–Crippen MR) is 51.9 cm³/mol. The average molecular weight is 260 g/mol. The molecule has 1 aromatic rings. The van der Waals surface area contributed by atoms with Gasteiger partial charge in [0.05, 0.1) is 14.2 Å². The number of methoxy groups -OCH3 is 2. The van der Waals surface area contributed by atoms with Gasteiger partial charge in [-0.3, -0.25) is 0 Å². The van der Waals surface area contributed by atoms with E-state index in [1.54, 1.807) is 0 Å². The topological polar surface area (TPSA) is 42.2 Å². The molecule has 0 spiro atoms. The summed E-state index contributed by atoms with van der Waals surface area (Å²) in [5.41, 5.74) is 0.214. The van der Waals surface area contributed by atoms with Gasteiger partial charge in [0.2, 0.25) is 0 Å². The molecule has 74 valence electrons. The number of nitriles is 1. The molecule has 0 amide bonds. The van der Waals surface area contributed by atoms with Gasteiger partial charge in [0, 0.05) is 4.47 Å². The van der Waals surface area contributed by atoms with Crippen LogP contribution in [0.5, 0.6) is 11.5 Å². The van der Waals surface area contributed by atoms with E-state index in [1.165, 1.54) is 20.3 Å². The molecule has 0 radical (unpaired) electrons. The van der Waals surface area contributed by atoms with Crippen molar-refractivity contribution in [1.29, 1.82) is 5.26 Å². The van der Waals surface area contributed by atoms with Gasteiger partial charge in [-0.25, -0.2) is 4.39 Å². The number of rotatable bonds is 2. The number of halogens is 2. The van der Waals surface area contributed by atoms with Crippen molar-refractivity contribution in [3.8, 4) is 17.6 Å². The Kier molecular flexibility index (Phi) is 3.31. The van der Waals surface area contributed by atoms with E-state index in [0.29, 0.717) is 4.47 Å². The standard InChI is InChI=1S/C9H7BrFNO2/c1-13-8-5(4-12)6(10)3-7(11)9(8)14-2/h3H,1-2H3. The van der Waals surface area contributed by atoms with Crippen molar-refractivity contribution < 1.29 is 13.9 Å². The van der Waals surface area contributed by atoms with Crippen LogP contribution in [0, 0.1) is 17.1 Å². The van der Waals surface area contributed by atoms with Crippen LogP contribution in [-0.2, 0) is 0 Å². The maximum absolute atomic E-state index is 13.3. The predicted octanol–water partition coefficient (Wildman–Crippen LogP) is 2.48. The van der Waals surface area contributed by atoms with Crippen molar-refractivity contribution in [2.75, 3.05) is 14.2 Å². The molecule has 0 N–H and O–H groups in total. The minimum absolute atomic E-state index is 0.0627. The largest absolute Gasteiger partial charge is 0.491 e. The van der Waals surface area contributed by atoms with Gasteiger partial charge in [-0.2, -0.15) is 5.26 Å². The summed E-state index contributed by atoms with van der Waals surface area (Å²) in [4.78, 5) is 0. The molecule has 0 atom stereocenters. The van der Waals surface area contributed by atoms with Crippen LogP contribution >= 0.6 is 15.9 Å². The lowest BCUT2D eigenvalue weighted by atomic mass is 10.2. The monoisotopic (exact) mass is 259 g/mol. The van der Waals surface area contributed by atoms with Crippen molar-refractivity contribution in [1.82, 2.24) is 0 Å². The third-order valence-corrected chi connectivity index (χ3v) is 2.29. The third kappa shape index (κ3) is 1.66. The van der Waals surface area contributed by atoms with E-state index < -0.39 is 5.82 Å². The lowest BCUT2D eigenvalue weighted by Gasteiger charge is -2.10. The molecule has 0 aromatic heterocycles. The molecular weight excluding hydrogens is 253 g/mol. The highest BCUT2D eigenvalue weighted by molar-refractivity contribution is 9.10. The van der Waals surface area contributed by atoms with Crippen LogP contribution in [0.4, 0.5) is 4.39 Å². The number of hydrogen-bond acceptors (Lipinski definition) is 3. The fraction of sp³-hybridized carbons (Fsp3) is 0.222. The minimum Gasteiger partial charge on any atom is -0.491 e. The van der Waals surface area contributed by atoms with Crippen molar-refractivity contribution >= 4 is 15.9 Å². The van der Waals surface area contributed by atoms with Gasteiger partial charge in [-0.05, 0) is 22.0 Å². The van der Waals surface area contributed by atoms with Crippen LogP contribution in [-0.4, -0.2) is 14.2 Å². The van der Waals surface area contributed by atoms with E-state index in [0.717, 1.165) is 0 Å². The fourth-order valence-electron chi connectivity index (χ4n) is 1.07. The highest BCUT2D eigenvalue weighted by Crippen LogP contribution is 2.37. The summed E-state index contributed by atoms with van der Waals surface area (Å²) in [6.45, 7) is 0. The smallest absolute Gasteiger partial charge is 0.198 e. The molecule has 1 rings (SSSR count). The van der Waals surface area contributed by atoms with Crippen LogP contribution in [0.1, 0.15) is 5.56 Å². The minimum atomic E-state index is -0.574. The van der Waals surface area contributed by atoms with E-state index >= 15 is 0 Å². The molecule has 0 fully saturated rings. The summed E-state index contributed by atoms with van der Waals surface area (Å²) in [5.74, 6) is -0.538. The Balaban J connectivity index is 3.53. The van der Waals surface area contributed by atoms with E-state index in [2.05, 4.69) is 15.9 Å². The Hall–Kier alpha value is -1.28. The molecule has 0 aliphatic carbocycles. The van der Waals surface area contributed by atoms with Crippen molar-refractivity contribution in [3.05, 3.63) is 21.9 Å². The van der Waals surface area contributed by atoms with Gasteiger partial charge in [0.15, 0.2) is 17.3 Å². The van der Waals surface area contributed by atoms with Crippen molar-refractivity contribution in [2.45, 2.75) is 0 Å². The number of hydrogen-bond donors (Lipinski definition) is 0. The van der Waals surface area contributed by atoms with Gasteiger partial charge in [0.1, 0.15) is 11.6 Å². The first-order chi connectivity index (χ1) is 6.65. The van der Waals surface area contributed by atoms with Crippen LogP contribution in [0.25, 0.3) is 0 Å². The van der Waals surface area contributed by atoms with Gasteiger partial charge in [-0.1, -0.05) is 0 Å². The Morgan fingerprint density at radius 3 is 2.36 bits per heavy atom. The molecule has 0 heterocycles. The summed E-state index contributed by atoms with van der Waals surface area (Å²) in [5, 5.41) is 8.80. The zero-order valence-corrected chi connectivity index (χ0v) is 9.18. The van der Waals surface area contributed by atoms with Crippen molar-refractivity contribution in [2.24, 2.45) is 0 Å². The fourth-order valence-corrected chi connectivity index (χ4v) is 1.54. The molecule has 0 saturated heterocycles. The molecule has 0 aliphatic heterocycles. The maximum Gasteiger partial charge on any atom is 0.198 e. The lowest BCUT2D eigenvalue weighted by Crippen LogP contribution is -1.97. The van der Waals surface area contributed by atoms with Crippen LogP contribution in [0.2, 0.25) is 0 Å². The molecule has 1 aromatic carbocycles. The highest BCUT2D eigenvalue weighted by Gasteiger charge is 2.18. The second kappa shape index (κ2) is 4.29. The first kappa shape index (κ1) is 10.8. The summed E-state index contributed by atoms with van der Waals surface area (Å²) in [7, 11) is 2.67. The molecule has 0 bridgehead atoms. The first-order valence-electron chi connectivity index (χ1n) is 3.65. The van der Waals surface area contributed by atoms with Crippen LogP contribution in [0.15, 0.2) is 10.5 Å². The normalized spacial score (nSPS) is 9.36. The highest BCUT2D eigenvalue weighted by atomic mass is 79.9. The summed E-state index contributed by atoms with van der Waals surface area (Å²) in [6.07, 6.45) is 0. The Bertz CT molecular complexity index is 401.